The highest BCUT2D eigenvalue weighted by atomic mass is 16.3. The van der Waals surface area contributed by atoms with Crippen molar-refractivity contribution in [3.05, 3.63) is 55.0 Å². The summed E-state index contributed by atoms with van der Waals surface area (Å²) in [6, 6.07) is 10.9. The van der Waals surface area contributed by atoms with Crippen molar-refractivity contribution in [3.63, 3.8) is 0 Å². The number of phenols is 1. The zero-order valence-electron chi connectivity index (χ0n) is 12.4. The third-order valence-electron chi connectivity index (χ3n) is 3.33. The fourth-order valence-electron chi connectivity index (χ4n) is 2.24. The minimum absolute atomic E-state index is 0.170. The SMILES string of the molecule is CN(C)c1nc(-c2ccccc2O)ncc1-c1ccncc1. The van der Waals surface area contributed by atoms with Crippen molar-refractivity contribution in [1.29, 1.82) is 0 Å². The average Bonchev–Trinajstić information content (AvgIpc) is 2.55. The Hall–Kier alpha value is -2.95. The zero-order chi connectivity index (χ0) is 15.5. The van der Waals surface area contributed by atoms with Gasteiger partial charge in [-0.1, -0.05) is 12.1 Å². The molecule has 2 aromatic heterocycles. The fraction of sp³-hybridized carbons (Fsp3) is 0.118. The highest BCUT2D eigenvalue weighted by Gasteiger charge is 2.13. The molecule has 0 aliphatic heterocycles. The Morgan fingerprint density at radius 2 is 1.68 bits per heavy atom. The lowest BCUT2D eigenvalue weighted by Gasteiger charge is -2.17. The zero-order valence-corrected chi connectivity index (χ0v) is 12.4. The molecule has 0 atom stereocenters. The van der Waals surface area contributed by atoms with Gasteiger partial charge in [-0.3, -0.25) is 4.98 Å². The molecule has 0 bridgehead atoms. The maximum absolute atomic E-state index is 9.98. The second-order valence-electron chi connectivity index (χ2n) is 5.08. The van der Waals surface area contributed by atoms with Crippen molar-refractivity contribution in [2.75, 3.05) is 19.0 Å². The number of pyridine rings is 1. The van der Waals surface area contributed by atoms with Crippen LogP contribution in [0, 0.1) is 0 Å². The van der Waals surface area contributed by atoms with E-state index in [2.05, 4.69) is 15.0 Å². The van der Waals surface area contributed by atoms with Crippen LogP contribution in [0.2, 0.25) is 0 Å². The predicted molar refractivity (Wildman–Crippen MR) is 86.7 cm³/mol. The molecule has 0 spiro atoms. The number of aromatic hydroxyl groups is 1. The van der Waals surface area contributed by atoms with Gasteiger partial charge in [-0.25, -0.2) is 9.97 Å². The molecule has 1 N–H and O–H groups in total. The van der Waals surface area contributed by atoms with Crippen molar-refractivity contribution in [2.24, 2.45) is 0 Å². The van der Waals surface area contributed by atoms with Gasteiger partial charge in [0.2, 0.25) is 0 Å². The first-order chi connectivity index (χ1) is 10.7. The minimum Gasteiger partial charge on any atom is -0.507 e. The first kappa shape index (κ1) is 14.0. The van der Waals surface area contributed by atoms with Crippen LogP contribution in [-0.4, -0.2) is 34.2 Å². The topological polar surface area (TPSA) is 62.1 Å². The highest BCUT2D eigenvalue weighted by Crippen LogP contribution is 2.31. The molecule has 0 unspecified atom stereocenters. The standard InChI is InChI=1S/C17H16N4O/c1-21(2)17-14(12-7-9-18-10-8-12)11-19-16(20-17)13-5-3-4-6-15(13)22/h3-11,22H,1-2H3. The summed E-state index contributed by atoms with van der Waals surface area (Å²) in [5, 5.41) is 9.98. The van der Waals surface area contributed by atoms with E-state index in [0.29, 0.717) is 11.4 Å². The van der Waals surface area contributed by atoms with Crippen LogP contribution in [0.15, 0.2) is 55.0 Å². The van der Waals surface area contributed by atoms with E-state index >= 15 is 0 Å². The molecule has 0 aliphatic carbocycles. The van der Waals surface area contributed by atoms with E-state index in [-0.39, 0.29) is 5.75 Å². The van der Waals surface area contributed by atoms with Crippen LogP contribution in [0.5, 0.6) is 5.75 Å². The van der Waals surface area contributed by atoms with Gasteiger partial charge in [0.1, 0.15) is 11.6 Å². The molecule has 5 heteroatoms. The van der Waals surface area contributed by atoms with Gasteiger partial charge in [-0.15, -0.1) is 0 Å². The molecule has 1 aromatic carbocycles. The van der Waals surface area contributed by atoms with Crippen LogP contribution < -0.4 is 4.90 Å². The number of phenolic OH excluding ortho intramolecular Hbond substituents is 1. The van der Waals surface area contributed by atoms with Crippen LogP contribution in [0.3, 0.4) is 0 Å². The van der Waals surface area contributed by atoms with Crippen molar-refractivity contribution in [1.82, 2.24) is 15.0 Å². The van der Waals surface area contributed by atoms with Gasteiger partial charge < -0.3 is 10.0 Å². The normalized spacial score (nSPS) is 10.5. The van der Waals surface area contributed by atoms with Crippen LogP contribution in [0.4, 0.5) is 5.82 Å². The van der Waals surface area contributed by atoms with E-state index in [1.165, 1.54) is 0 Å². The number of nitrogens with zero attached hydrogens (tertiary/aromatic N) is 4. The summed E-state index contributed by atoms with van der Waals surface area (Å²) >= 11 is 0. The monoisotopic (exact) mass is 292 g/mol. The molecule has 0 radical (unpaired) electrons. The number of benzene rings is 1. The van der Waals surface area contributed by atoms with Gasteiger partial charge in [-0.05, 0) is 29.8 Å². The Bertz CT molecular complexity index is 788. The third kappa shape index (κ3) is 2.61. The molecule has 0 saturated heterocycles. The number of para-hydroxylation sites is 1. The fourth-order valence-corrected chi connectivity index (χ4v) is 2.24. The number of hydrogen-bond donors (Lipinski definition) is 1. The largest absolute Gasteiger partial charge is 0.507 e. The molecular weight excluding hydrogens is 276 g/mol. The van der Waals surface area contributed by atoms with E-state index in [1.54, 1.807) is 36.8 Å². The lowest BCUT2D eigenvalue weighted by molar-refractivity contribution is 0.477. The van der Waals surface area contributed by atoms with E-state index < -0.39 is 0 Å². The molecule has 2 heterocycles. The van der Waals surface area contributed by atoms with Gasteiger partial charge in [0.15, 0.2) is 5.82 Å². The molecule has 5 nitrogen and oxygen atoms in total. The summed E-state index contributed by atoms with van der Waals surface area (Å²) in [6.45, 7) is 0. The Morgan fingerprint density at radius 3 is 2.36 bits per heavy atom. The molecule has 110 valence electrons. The van der Waals surface area contributed by atoms with E-state index in [9.17, 15) is 5.11 Å². The van der Waals surface area contributed by atoms with E-state index in [1.807, 2.05) is 37.2 Å². The summed E-state index contributed by atoms with van der Waals surface area (Å²) in [5.74, 6) is 1.46. The van der Waals surface area contributed by atoms with Crippen LogP contribution >= 0.6 is 0 Å². The van der Waals surface area contributed by atoms with Gasteiger partial charge >= 0.3 is 0 Å². The second kappa shape index (κ2) is 5.81. The van der Waals surface area contributed by atoms with Crippen molar-refractivity contribution in [2.45, 2.75) is 0 Å². The summed E-state index contributed by atoms with van der Waals surface area (Å²) < 4.78 is 0. The summed E-state index contributed by atoms with van der Waals surface area (Å²) in [7, 11) is 3.86. The number of rotatable bonds is 3. The van der Waals surface area contributed by atoms with Crippen molar-refractivity contribution < 1.29 is 5.11 Å². The molecule has 3 aromatic rings. The third-order valence-corrected chi connectivity index (χ3v) is 3.33. The maximum atomic E-state index is 9.98. The number of aromatic nitrogens is 3. The minimum atomic E-state index is 0.170. The van der Waals surface area contributed by atoms with Crippen LogP contribution in [-0.2, 0) is 0 Å². The van der Waals surface area contributed by atoms with Gasteiger partial charge in [0, 0.05) is 38.2 Å². The second-order valence-corrected chi connectivity index (χ2v) is 5.08. The molecule has 3 rings (SSSR count). The maximum Gasteiger partial charge on any atom is 0.165 e. The highest BCUT2D eigenvalue weighted by molar-refractivity contribution is 5.77. The Kier molecular flexibility index (Phi) is 3.70. The van der Waals surface area contributed by atoms with Crippen LogP contribution in [0.1, 0.15) is 0 Å². The predicted octanol–water partition coefficient (Wildman–Crippen LogP) is 2.98. The smallest absolute Gasteiger partial charge is 0.165 e. The average molecular weight is 292 g/mol. The lowest BCUT2D eigenvalue weighted by Crippen LogP contribution is -2.13. The molecule has 22 heavy (non-hydrogen) atoms. The van der Waals surface area contributed by atoms with E-state index in [0.717, 1.165) is 16.9 Å². The summed E-state index contributed by atoms with van der Waals surface area (Å²) in [6.07, 6.45) is 5.26. The summed E-state index contributed by atoms with van der Waals surface area (Å²) in [4.78, 5) is 15.0. The van der Waals surface area contributed by atoms with Gasteiger partial charge in [0.05, 0.1) is 5.56 Å². The Labute approximate surface area is 128 Å². The Morgan fingerprint density at radius 1 is 0.955 bits per heavy atom. The summed E-state index contributed by atoms with van der Waals surface area (Å²) in [5.41, 5.74) is 2.54. The van der Waals surface area contributed by atoms with Gasteiger partial charge in [0.25, 0.3) is 0 Å². The molecule has 0 fully saturated rings. The molecule has 0 saturated carbocycles. The number of hydrogen-bond acceptors (Lipinski definition) is 5. The molecule has 0 aliphatic rings. The van der Waals surface area contributed by atoms with E-state index in [4.69, 9.17) is 0 Å². The van der Waals surface area contributed by atoms with Crippen LogP contribution in [0.25, 0.3) is 22.5 Å². The molecular formula is C17H16N4O. The first-order valence-electron chi connectivity index (χ1n) is 6.90. The van der Waals surface area contributed by atoms with Crippen molar-refractivity contribution >= 4 is 5.82 Å². The molecule has 0 amide bonds. The van der Waals surface area contributed by atoms with Crippen molar-refractivity contribution in [3.8, 4) is 28.3 Å². The lowest BCUT2D eigenvalue weighted by atomic mass is 10.1. The Balaban J connectivity index is 2.15. The quantitative estimate of drug-likeness (QED) is 0.804. The first-order valence-corrected chi connectivity index (χ1v) is 6.90. The number of anilines is 1. The van der Waals surface area contributed by atoms with Gasteiger partial charge in [-0.2, -0.15) is 0 Å².